The molecule has 0 heterocycles. The molecule has 0 aromatic rings. The lowest BCUT2D eigenvalue weighted by Gasteiger charge is -2.64. The first-order valence-corrected chi connectivity index (χ1v) is 9.50. The molecule has 4 rings (SSSR count). The van der Waals surface area contributed by atoms with Crippen molar-refractivity contribution in [3.63, 3.8) is 0 Å². The van der Waals surface area contributed by atoms with Crippen molar-refractivity contribution in [3.8, 4) is 0 Å². The second-order valence-electron chi connectivity index (χ2n) is 9.89. The van der Waals surface area contributed by atoms with Gasteiger partial charge in [0.25, 0.3) is 0 Å². The van der Waals surface area contributed by atoms with Crippen LogP contribution in [-0.2, 0) is 9.59 Å². The molecule has 0 aromatic heterocycles. The topological polar surface area (TPSA) is 74.6 Å². The quantitative estimate of drug-likeness (QED) is 0.713. The molecule has 0 aromatic carbocycles. The van der Waals surface area contributed by atoms with Crippen LogP contribution in [0, 0.1) is 39.9 Å². The summed E-state index contributed by atoms with van der Waals surface area (Å²) in [6, 6.07) is 0. The number of carbonyl (C=O) groups is 2. The monoisotopic (exact) mass is 334 g/mol. The normalized spacial score (nSPS) is 55.9. The van der Waals surface area contributed by atoms with Gasteiger partial charge >= 0.3 is 0 Å². The fourth-order valence-corrected chi connectivity index (χ4v) is 7.51. The van der Waals surface area contributed by atoms with E-state index in [1.54, 1.807) is 0 Å². The molecule has 4 nitrogen and oxygen atoms in total. The first-order valence-electron chi connectivity index (χ1n) is 9.50. The largest absolute Gasteiger partial charge is 0.393 e. The molecule has 4 aliphatic carbocycles. The van der Waals surface area contributed by atoms with Crippen molar-refractivity contribution in [3.05, 3.63) is 0 Å². The predicted molar refractivity (Wildman–Crippen MR) is 89.1 cm³/mol. The third-order valence-electron chi connectivity index (χ3n) is 8.70. The van der Waals surface area contributed by atoms with Crippen molar-refractivity contribution < 1.29 is 19.8 Å². The average molecular weight is 334 g/mol. The Kier molecular flexibility index (Phi) is 3.27. The molecule has 4 fully saturated rings. The molecule has 0 unspecified atom stereocenters. The molecule has 1 spiro atoms. The molecule has 2 bridgehead atoms. The third kappa shape index (κ3) is 1.67. The number of hydrogen-bond donors (Lipinski definition) is 2. The van der Waals surface area contributed by atoms with Gasteiger partial charge < -0.3 is 10.2 Å². The zero-order chi connectivity index (χ0) is 17.7. The summed E-state index contributed by atoms with van der Waals surface area (Å²) in [4.78, 5) is 25.7. The van der Waals surface area contributed by atoms with E-state index < -0.39 is 23.0 Å². The smallest absolute Gasteiger partial charge is 0.145 e. The Morgan fingerprint density at radius 1 is 1.08 bits per heavy atom. The Balaban J connectivity index is 1.87. The lowest BCUT2D eigenvalue weighted by atomic mass is 9.39. The Morgan fingerprint density at radius 2 is 1.75 bits per heavy atom. The van der Waals surface area contributed by atoms with Crippen LogP contribution in [0.5, 0.6) is 0 Å². The van der Waals surface area contributed by atoms with Crippen molar-refractivity contribution in [1.82, 2.24) is 0 Å². The van der Waals surface area contributed by atoms with Gasteiger partial charge in [-0.2, -0.15) is 0 Å². The maximum Gasteiger partial charge on any atom is 0.145 e. The zero-order valence-electron chi connectivity index (χ0n) is 15.2. The van der Waals surface area contributed by atoms with Gasteiger partial charge in [-0.05, 0) is 42.9 Å². The molecule has 4 saturated carbocycles. The van der Waals surface area contributed by atoms with Crippen molar-refractivity contribution >= 4 is 11.6 Å². The molecule has 0 amide bonds. The number of rotatable bonds is 0. The van der Waals surface area contributed by atoms with Crippen LogP contribution in [0.15, 0.2) is 0 Å². The standard InChI is InChI=1S/C20H30O4/c1-10-11-7-12(21)16-19(4)6-5-14(22)18(2,3)13(19)8-15(23)20(16,9-11)17(10)24/h10-13,15-16,21,23H,5-9H2,1-4H3/t10-,11-,12+,13-,15-,16+,19-,20+/m1/s1. The summed E-state index contributed by atoms with van der Waals surface area (Å²) in [5.74, 6) is 0.333. The van der Waals surface area contributed by atoms with E-state index in [2.05, 4.69) is 6.92 Å². The highest BCUT2D eigenvalue weighted by molar-refractivity contribution is 5.91. The summed E-state index contributed by atoms with van der Waals surface area (Å²) in [6.45, 7) is 8.11. The number of aliphatic hydroxyl groups excluding tert-OH is 2. The van der Waals surface area contributed by atoms with Gasteiger partial charge in [0, 0.05) is 23.7 Å². The highest BCUT2D eigenvalue weighted by atomic mass is 16.3. The predicted octanol–water partition coefficient (Wildman–Crippen LogP) is 2.35. The van der Waals surface area contributed by atoms with Crippen LogP contribution in [0.3, 0.4) is 0 Å². The second kappa shape index (κ2) is 4.70. The van der Waals surface area contributed by atoms with Crippen molar-refractivity contribution in [2.45, 2.75) is 72.0 Å². The van der Waals surface area contributed by atoms with E-state index in [1.165, 1.54) is 0 Å². The van der Waals surface area contributed by atoms with Crippen LogP contribution in [0.2, 0.25) is 0 Å². The number of Topliss-reactive ketones (excluding diaryl/α,β-unsaturated/α-hetero) is 2. The van der Waals surface area contributed by atoms with Gasteiger partial charge in [0.1, 0.15) is 11.6 Å². The minimum Gasteiger partial charge on any atom is -0.393 e. The minimum absolute atomic E-state index is 0.0202. The van der Waals surface area contributed by atoms with Crippen LogP contribution in [0.4, 0.5) is 0 Å². The number of hydrogen-bond acceptors (Lipinski definition) is 4. The lowest BCUT2D eigenvalue weighted by Crippen LogP contribution is -2.67. The molecule has 4 heteroatoms. The van der Waals surface area contributed by atoms with Gasteiger partial charge in [0.05, 0.1) is 17.6 Å². The van der Waals surface area contributed by atoms with E-state index in [4.69, 9.17) is 0 Å². The Morgan fingerprint density at radius 3 is 2.42 bits per heavy atom. The van der Waals surface area contributed by atoms with Gasteiger partial charge in [0.2, 0.25) is 0 Å². The maximum absolute atomic E-state index is 13.2. The summed E-state index contributed by atoms with van der Waals surface area (Å²) < 4.78 is 0. The van der Waals surface area contributed by atoms with E-state index >= 15 is 0 Å². The highest BCUT2D eigenvalue weighted by Gasteiger charge is 2.73. The zero-order valence-corrected chi connectivity index (χ0v) is 15.2. The molecule has 0 aliphatic heterocycles. The van der Waals surface area contributed by atoms with Gasteiger partial charge in [0.15, 0.2) is 0 Å². The Bertz CT molecular complexity index is 611. The molecular formula is C20H30O4. The van der Waals surface area contributed by atoms with Gasteiger partial charge in [-0.1, -0.05) is 27.7 Å². The summed E-state index contributed by atoms with van der Waals surface area (Å²) >= 11 is 0. The molecule has 24 heavy (non-hydrogen) atoms. The van der Waals surface area contributed by atoms with Gasteiger partial charge in [-0.25, -0.2) is 0 Å². The number of ketones is 2. The molecule has 0 radical (unpaired) electrons. The molecule has 8 atom stereocenters. The summed E-state index contributed by atoms with van der Waals surface area (Å²) in [6.07, 6.45) is 1.83. The van der Waals surface area contributed by atoms with Crippen LogP contribution >= 0.6 is 0 Å². The molecule has 4 aliphatic rings. The molecule has 0 saturated heterocycles. The van der Waals surface area contributed by atoms with E-state index in [-0.39, 0.29) is 40.7 Å². The second-order valence-corrected chi connectivity index (χ2v) is 9.89. The fraction of sp³-hybridized carbons (Fsp3) is 0.900. The van der Waals surface area contributed by atoms with Crippen LogP contribution in [0.1, 0.15) is 59.8 Å². The number of fused-ring (bicyclic) bond motifs is 3. The van der Waals surface area contributed by atoms with E-state index in [0.29, 0.717) is 25.7 Å². The van der Waals surface area contributed by atoms with E-state index in [1.807, 2.05) is 20.8 Å². The number of aliphatic hydroxyl groups is 2. The SMILES string of the molecule is C[C@H]1C(=O)[C@]23C[C@H]1C[C@H](O)[C@H]2[C@]1(C)CCC(=O)C(C)(C)[C@H]1C[C@H]3O. The molecule has 2 N–H and O–H groups in total. The third-order valence-corrected chi connectivity index (χ3v) is 8.70. The summed E-state index contributed by atoms with van der Waals surface area (Å²) in [5.41, 5.74) is -1.55. The van der Waals surface area contributed by atoms with E-state index in [9.17, 15) is 19.8 Å². The van der Waals surface area contributed by atoms with Gasteiger partial charge in [-0.3, -0.25) is 9.59 Å². The maximum atomic E-state index is 13.2. The molecule has 134 valence electrons. The first-order chi connectivity index (χ1) is 11.1. The van der Waals surface area contributed by atoms with Crippen LogP contribution < -0.4 is 0 Å². The Hall–Kier alpha value is -0.740. The minimum atomic E-state index is -0.788. The number of carbonyl (C=O) groups excluding carboxylic acids is 2. The average Bonchev–Trinajstić information content (AvgIpc) is 2.70. The van der Waals surface area contributed by atoms with E-state index in [0.717, 1.165) is 6.42 Å². The van der Waals surface area contributed by atoms with Crippen LogP contribution in [-0.4, -0.2) is 34.0 Å². The van der Waals surface area contributed by atoms with Crippen molar-refractivity contribution in [2.75, 3.05) is 0 Å². The Labute approximate surface area is 144 Å². The summed E-state index contributed by atoms with van der Waals surface area (Å²) in [5, 5.41) is 22.1. The van der Waals surface area contributed by atoms with Crippen molar-refractivity contribution in [1.29, 1.82) is 0 Å². The fourth-order valence-electron chi connectivity index (χ4n) is 7.51. The lowest BCUT2D eigenvalue weighted by molar-refractivity contribution is -0.220. The molecular weight excluding hydrogens is 304 g/mol. The van der Waals surface area contributed by atoms with Gasteiger partial charge in [-0.15, -0.1) is 0 Å². The van der Waals surface area contributed by atoms with Crippen molar-refractivity contribution in [2.24, 2.45) is 39.9 Å². The summed E-state index contributed by atoms with van der Waals surface area (Å²) in [7, 11) is 0. The van der Waals surface area contributed by atoms with Crippen LogP contribution in [0.25, 0.3) is 0 Å². The highest BCUT2D eigenvalue weighted by Crippen LogP contribution is 2.70. The first kappa shape index (κ1) is 16.7.